The number of carbonyl (C=O) groups excluding carboxylic acids is 4. The molecule has 4 aliphatic carbocycles. The van der Waals surface area contributed by atoms with Gasteiger partial charge in [-0.25, -0.2) is 8.98 Å². The zero-order valence-corrected chi connectivity index (χ0v) is 28.2. The van der Waals surface area contributed by atoms with E-state index in [2.05, 4.69) is 0 Å². The van der Waals surface area contributed by atoms with E-state index < -0.39 is 99.1 Å². The molecule has 47 heavy (non-hydrogen) atoms. The second-order valence-electron chi connectivity index (χ2n) is 14.4. The van der Waals surface area contributed by atoms with E-state index in [1.807, 2.05) is 0 Å². The van der Waals surface area contributed by atoms with E-state index >= 15 is 0 Å². The molecule has 0 bridgehead atoms. The lowest BCUT2D eigenvalue weighted by Gasteiger charge is -2.63. The van der Waals surface area contributed by atoms with Crippen molar-refractivity contribution in [3.63, 3.8) is 0 Å². The SMILES string of the molecule is CC(=O)OC[C@]12CC[C@H]3[C@@H](CC=C4C[C@@H](OS(=O)(=O)O)CC(=O)[C@@]43C)[C@]1(O)[C@@H](OC(C)=O)C[C@@]2(O)[C@@](C)(O)[C@H]1CC(C)=C(C)C(=O)O1. The van der Waals surface area contributed by atoms with Crippen molar-refractivity contribution in [2.24, 2.45) is 22.7 Å². The number of hydrogen-bond donors (Lipinski definition) is 4. The molecule has 1 heterocycles. The summed E-state index contributed by atoms with van der Waals surface area (Å²) in [7, 11) is -4.83. The lowest BCUT2D eigenvalue weighted by molar-refractivity contribution is -0.299. The Morgan fingerprint density at radius 1 is 1.09 bits per heavy atom. The first-order chi connectivity index (χ1) is 21.5. The number of allylic oxidation sites excluding steroid dienone is 1. The molecule has 0 amide bonds. The summed E-state index contributed by atoms with van der Waals surface area (Å²) in [5.74, 6) is -4.10. The van der Waals surface area contributed by atoms with Crippen LogP contribution in [0.15, 0.2) is 22.8 Å². The van der Waals surface area contributed by atoms with Crippen molar-refractivity contribution in [1.82, 2.24) is 0 Å². The maximum Gasteiger partial charge on any atom is 0.397 e. The van der Waals surface area contributed by atoms with Gasteiger partial charge in [-0.15, -0.1) is 0 Å². The number of carbonyl (C=O) groups is 4. The average Bonchev–Trinajstić information content (AvgIpc) is 3.14. The zero-order valence-electron chi connectivity index (χ0n) is 27.4. The predicted molar refractivity (Wildman–Crippen MR) is 160 cm³/mol. The Labute approximate surface area is 273 Å². The van der Waals surface area contributed by atoms with Crippen LogP contribution in [-0.2, 0) is 48.0 Å². The minimum atomic E-state index is -4.83. The molecule has 3 fully saturated rings. The van der Waals surface area contributed by atoms with Gasteiger partial charge < -0.3 is 29.5 Å². The van der Waals surface area contributed by atoms with Crippen LogP contribution in [0.2, 0.25) is 0 Å². The van der Waals surface area contributed by atoms with Crippen molar-refractivity contribution >= 4 is 34.1 Å². The molecule has 0 saturated heterocycles. The van der Waals surface area contributed by atoms with Crippen LogP contribution in [-0.4, -0.2) is 93.7 Å². The van der Waals surface area contributed by atoms with Crippen LogP contribution in [0.4, 0.5) is 0 Å². The Balaban J connectivity index is 1.66. The van der Waals surface area contributed by atoms with E-state index in [0.29, 0.717) is 16.7 Å². The summed E-state index contributed by atoms with van der Waals surface area (Å²) in [5, 5.41) is 38.5. The minimum Gasteiger partial charge on any atom is -0.465 e. The number of hydrogen-bond acceptors (Lipinski definition) is 13. The normalized spacial score (nSPS) is 41.5. The number of fused-ring (bicyclic) bond motifs is 5. The molecular formula is C32H44O14S. The van der Waals surface area contributed by atoms with E-state index in [1.54, 1.807) is 26.8 Å². The molecule has 3 saturated carbocycles. The van der Waals surface area contributed by atoms with Crippen LogP contribution in [0.5, 0.6) is 0 Å². The number of ketones is 1. The van der Waals surface area contributed by atoms with Gasteiger partial charge in [0.15, 0.2) is 0 Å². The van der Waals surface area contributed by atoms with E-state index in [1.165, 1.54) is 6.92 Å². The lowest BCUT2D eigenvalue weighted by atomic mass is 9.43. The highest BCUT2D eigenvalue weighted by atomic mass is 32.3. The highest BCUT2D eigenvalue weighted by Crippen LogP contribution is 2.71. The zero-order chi connectivity index (χ0) is 35.1. The number of Topliss-reactive ketones (excluding diaryl/α,β-unsaturated/α-hetero) is 1. The third-order valence-electron chi connectivity index (χ3n) is 12.2. The predicted octanol–water partition coefficient (Wildman–Crippen LogP) is 1.65. The summed E-state index contributed by atoms with van der Waals surface area (Å²) in [5.41, 5.74) is -8.40. The third-order valence-corrected chi connectivity index (χ3v) is 12.7. The molecule has 0 spiro atoms. The van der Waals surface area contributed by atoms with Gasteiger partial charge in [0, 0.05) is 38.7 Å². The van der Waals surface area contributed by atoms with Crippen LogP contribution in [0.3, 0.4) is 0 Å². The smallest absolute Gasteiger partial charge is 0.397 e. The Morgan fingerprint density at radius 2 is 1.74 bits per heavy atom. The molecule has 14 nitrogen and oxygen atoms in total. The van der Waals surface area contributed by atoms with Gasteiger partial charge >= 0.3 is 28.3 Å². The molecule has 0 unspecified atom stereocenters. The Bertz CT molecular complexity index is 1560. The van der Waals surface area contributed by atoms with Crippen LogP contribution >= 0.6 is 0 Å². The Hall–Kier alpha value is -2.69. The number of esters is 3. The molecule has 0 radical (unpaired) electrons. The topological polar surface area (TPSA) is 220 Å². The van der Waals surface area contributed by atoms with Crippen molar-refractivity contribution in [2.45, 2.75) is 122 Å². The first-order valence-electron chi connectivity index (χ1n) is 15.8. The van der Waals surface area contributed by atoms with Crippen LogP contribution in [0, 0.1) is 22.7 Å². The molecule has 4 N–H and O–H groups in total. The molecule has 0 aromatic rings. The van der Waals surface area contributed by atoms with Gasteiger partial charge in [-0.05, 0) is 65.2 Å². The van der Waals surface area contributed by atoms with Gasteiger partial charge in [0.25, 0.3) is 0 Å². The second-order valence-corrected chi connectivity index (χ2v) is 15.4. The summed E-state index contributed by atoms with van der Waals surface area (Å²) >= 11 is 0. The van der Waals surface area contributed by atoms with Gasteiger partial charge in [0.05, 0.1) is 16.9 Å². The van der Waals surface area contributed by atoms with E-state index in [0.717, 1.165) is 13.8 Å². The highest BCUT2D eigenvalue weighted by molar-refractivity contribution is 7.80. The first-order valence-corrected chi connectivity index (χ1v) is 17.1. The average molecular weight is 685 g/mol. The van der Waals surface area contributed by atoms with Crippen LogP contribution < -0.4 is 0 Å². The summed E-state index contributed by atoms with van der Waals surface area (Å²) < 4.78 is 53.8. The molecule has 0 aromatic carbocycles. The van der Waals surface area contributed by atoms with Crippen molar-refractivity contribution in [1.29, 1.82) is 0 Å². The summed E-state index contributed by atoms with van der Waals surface area (Å²) in [6.07, 6.45) is -2.80. The lowest BCUT2D eigenvalue weighted by Crippen LogP contribution is -2.75. The van der Waals surface area contributed by atoms with Gasteiger partial charge in [0.1, 0.15) is 41.4 Å². The molecule has 10 atom stereocenters. The quantitative estimate of drug-likeness (QED) is 0.130. The van der Waals surface area contributed by atoms with Gasteiger partial charge in [-0.1, -0.05) is 17.2 Å². The van der Waals surface area contributed by atoms with Gasteiger partial charge in [-0.2, -0.15) is 8.42 Å². The summed E-state index contributed by atoms with van der Waals surface area (Å²) in [6.45, 7) is 7.97. The molecule has 1 aliphatic heterocycles. The second kappa shape index (κ2) is 11.4. The molecular weight excluding hydrogens is 640 g/mol. The number of rotatable bonds is 7. The maximum absolute atomic E-state index is 13.9. The molecule has 15 heteroatoms. The number of ether oxygens (including phenoxy) is 3. The fourth-order valence-corrected chi connectivity index (χ4v) is 10.1. The van der Waals surface area contributed by atoms with Gasteiger partial charge in [-0.3, -0.25) is 18.9 Å². The van der Waals surface area contributed by atoms with Crippen molar-refractivity contribution < 1.29 is 65.9 Å². The number of aliphatic hydroxyl groups is 3. The van der Waals surface area contributed by atoms with Crippen molar-refractivity contribution in [3.8, 4) is 0 Å². The van der Waals surface area contributed by atoms with Crippen molar-refractivity contribution in [2.75, 3.05) is 6.61 Å². The fourth-order valence-electron chi connectivity index (χ4n) is 9.58. The number of cyclic esters (lactones) is 1. The minimum absolute atomic E-state index is 0.0215. The Kier molecular flexibility index (Phi) is 8.67. The van der Waals surface area contributed by atoms with Crippen molar-refractivity contribution in [3.05, 3.63) is 22.8 Å². The van der Waals surface area contributed by atoms with E-state index in [4.69, 9.17) is 18.4 Å². The highest BCUT2D eigenvalue weighted by Gasteiger charge is 2.82. The third kappa shape index (κ3) is 5.19. The Morgan fingerprint density at radius 3 is 2.32 bits per heavy atom. The summed E-state index contributed by atoms with van der Waals surface area (Å²) in [4.78, 5) is 51.4. The van der Waals surface area contributed by atoms with E-state index in [-0.39, 0.29) is 44.3 Å². The maximum atomic E-state index is 13.9. The van der Waals surface area contributed by atoms with Crippen LogP contribution in [0.25, 0.3) is 0 Å². The van der Waals surface area contributed by atoms with E-state index in [9.17, 15) is 47.5 Å². The van der Waals surface area contributed by atoms with Crippen LogP contribution in [0.1, 0.15) is 86.5 Å². The molecule has 5 aliphatic rings. The molecule has 0 aromatic heterocycles. The van der Waals surface area contributed by atoms with Gasteiger partial charge in [0.2, 0.25) is 0 Å². The first kappa shape index (κ1) is 35.6. The monoisotopic (exact) mass is 684 g/mol. The fraction of sp³-hybridized carbons (Fsp3) is 0.750. The standard InChI is InChI=1S/C32H44O14S/c1-16-11-25(45-27(36)17(16)2)29(6,37)31(38)14-26(44-19(4)34)32(39)23-8-7-20-12-21(46-47(40,41)42)13-24(35)28(20,5)22(23)9-10-30(31,32)15-43-18(3)33/h7,21-23,25-26,37-39H,8-15H2,1-6H3,(H,40,41,42)/t21-,22+,23-,25-,26+,28+,29+,30+,31-,32+/m1/s1. The largest absolute Gasteiger partial charge is 0.465 e. The summed E-state index contributed by atoms with van der Waals surface area (Å²) in [6, 6.07) is 0. The molecule has 262 valence electrons. The molecule has 5 rings (SSSR count).